The number of aliphatic hydroxyl groups excluding tert-OH is 1. The summed E-state index contributed by atoms with van der Waals surface area (Å²) >= 11 is 12.0. The minimum absolute atomic E-state index is 0.0207. The molecule has 0 bridgehead atoms. The number of non-ortho nitro benzene ring substituents is 1. The molecule has 150 valence electrons. The molecule has 0 aliphatic rings. The molecular weight excluding hydrogens is 407 g/mol. The van der Waals surface area contributed by atoms with Gasteiger partial charge in [-0.25, -0.2) is 0 Å². The molecule has 2 aromatic rings. The van der Waals surface area contributed by atoms with Crippen molar-refractivity contribution in [2.45, 2.75) is 19.1 Å². The number of hydrogen-bond acceptors (Lipinski definition) is 5. The number of nitro benzene ring substituents is 1. The lowest BCUT2D eigenvalue weighted by Crippen LogP contribution is -2.35. The first-order chi connectivity index (χ1) is 13.3. The Bertz CT molecular complexity index is 846. The highest BCUT2D eigenvalue weighted by Gasteiger charge is 2.12. The molecule has 2 aromatic carbocycles. The number of nitrogens with zero attached hydrogens (tertiary/aromatic N) is 2. The summed E-state index contributed by atoms with van der Waals surface area (Å²) in [6.45, 7) is 1.85. The smallest absolute Gasteiger partial charge is 0.269 e. The number of aliphatic hydroxyl groups is 1. The van der Waals surface area contributed by atoms with Crippen LogP contribution in [-0.4, -0.2) is 35.2 Å². The fourth-order valence-electron chi connectivity index (χ4n) is 2.31. The zero-order valence-electron chi connectivity index (χ0n) is 15.0. The Labute approximate surface area is 172 Å². The Morgan fingerprint density at radius 3 is 2.61 bits per heavy atom. The van der Waals surface area contributed by atoms with Crippen LogP contribution in [-0.2, 0) is 0 Å². The Kier molecular flexibility index (Phi) is 7.86. The van der Waals surface area contributed by atoms with Crippen LogP contribution in [0.5, 0.6) is 5.75 Å². The zero-order chi connectivity index (χ0) is 20.7. The van der Waals surface area contributed by atoms with E-state index in [1.165, 1.54) is 24.3 Å². The van der Waals surface area contributed by atoms with Crippen molar-refractivity contribution in [1.82, 2.24) is 5.32 Å². The molecule has 0 radical (unpaired) electrons. The molecule has 0 fully saturated rings. The third-order valence-corrected chi connectivity index (χ3v) is 4.32. The summed E-state index contributed by atoms with van der Waals surface area (Å²) in [5, 5.41) is 24.6. The molecule has 0 amide bonds. The van der Waals surface area contributed by atoms with Gasteiger partial charge in [0, 0.05) is 22.2 Å². The molecule has 10 heteroatoms. The van der Waals surface area contributed by atoms with Crippen LogP contribution in [0.1, 0.15) is 18.5 Å². The van der Waals surface area contributed by atoms with Crippen molar-refractivity contribution in [1.29, 1.82) is 0 Å². The van der Waals surface area contributed by atoms with Crippen LogP contribution in [0.3, 0.4) is 0 Å². The fraction of sp³-hybridized carbons (Fsp3) is 0.278. The van der Waals surface area contributed by atoms with E-state index in [4.69, 9.17) is 33.7 Å². The molecule has 0 saturated heterocycles. The summed E-state index contributed by atoms with van der Waals surface area (Å²) < 4.78 is 5.38. The second-order valence-electron chi connectivity index (χ2n) is 5.97. The second-order valence-corrected chi connectivity index (χ2v) is 6.82. The second kappa shape index (κ2) is 10.1. The van der Waals surface area contributed by atoms with E-state index in [-0.39, 0.29) is 30.8 Å². The standard InChI is InChI=1S/C18H20Cl2N4O4/c1-11(16-7-2-12(19)8-17(16)20)23-18(21)22-9-14(25)10-28-15-5-3-13(4-6-15)24(26)27/h2-8,11,14,25H,9-10H2,1H3,(H3,21,22,23). The lowest BCUT2D eigenvalue weighted by atomic mass is 10.1. The van der Waals surface area contributed by atoms with Gasteiger partial charge in [0.25, 0.3) is 5.69 Å². The van der Waals surface area contributed by atoms with Gasteiger partial charge in [-0.05, 0) is 36.8 Å². The fourth-order valence-corrected chi connectivity index (χ4v) is 2.88. The summed E-state index contributed by atoms with van der Waals surface area (Å²) in [4.78, 5) is 14.2. The van der Waals surface area contributed by atoms with Crippen molar-refractivity contribution in [2.24, 2.45) is 10.7 Å². The number of nitrogens with one attached hydrogen (secondary N) is 1. The molecule has 0 spiro atoms. The normalized spacial score (nSPS) is 13.6. The van der Waals surface area contributed by atoms with Gasteiger partial charge < -0.3 is 20.9 Å². The minimum Gasteiger partial charge on any atom is -0.491 e. The van der Waals surface area contributed by atoms with Crippen molar-refractivity contribution in [2.75, 3.05) is 13.2 Å². The van der Waals surface area contributed by atoms with Gasteiger partial charge in [-0.1, -0.05) is 29.3 Å². The maximum absolute atomic E-state index is 10.6. The van der Waals surface area contributed by atoms with Gasteiger partial charge in [0.05, 0.1) is 17.5 Å². The van der Waals surface area contributed by atoms with Crippen molar-refractivity contribution >= 4 is 34.8 Å². The SMILES string of the molecule is CC(NC(N)=NCC(O)COc1ccc([N+](=O)[O-])cc1)c1ccc(Cl)cc1Cl. The molecule has 2 unspecified atom stereocenters. The van der Waals surface area contributed by atoms with Crippen molar-refractivity contribution < 1.29 is 14.8 Å². The average molecular weight is 427 g/mol. The molecule has 0 aliphatic carbocycles. The van der Waals surface area contributed by atoms with Gasteiger partial charge >= 0.3 is 0 Å². The predicted molar refractivity (Wildman–Crippen MR) is 109 cm³/mol. The van der Waals surface area contributed by atoms with Crippen LogP contribution in [0.25, 0.3) is 0 Å². The maximum atomic E-state index is 10.6. The number of guanidine groups is 1. The molecule has 0 aliphatic heterocycles. The first kappa shape index (κ1) is 21.7. The Balaban J connectivity index is 1.82. The Morgan fingerprint density at radius 2 is 2.00 bits per heavy atom. The first-order valence-electron chi connectivity index (χ1n) is 8.33. The number of aliphatic imine (C=N–C) groups is 1. The molecule has 0 aromatic heterocycles. The maximum Gasteiger partial charge on any atom is 0.269 e. The third-order valence-electron chi connectivity index (χ3n) is 3.76. The zero-order valence-corrected chi connectivity index (χ0v) is 16.5. The van der Waals surface area contributed by atoms with Gasteiger partial charge in [-0.3, -0.25) is 15.1 Å². The summed E-state index contributed by atoms with van der Waals surface area (Å²) in [5.41, 5.74) is 6.62. The quantitative estimate of drug-likeness (QED) is 0.257. The minimum atomic E-state index is -0.898. The number of nitrogens with two attached hydrogens (primary N) is 1. The molecule has 2 atom stereocenters. The van der Waals surface area contributed by atoms with Crippen LogP contribution in [0.2, 0.25) is 10.0 Å². The molecule has 28 heavy (non-hydrogen) atoms. The van der Waals surface area contributed by atoms with Crippen LogP contribution in [0, 0.1) is 10.1 Å². The van der Waals surface area contributed by atoms with E-state index in [0.717, 1.165) is 5.56 Å². The number of ether oxygens (including phenoxy) is 1. The molecule has 2 rings (SSSR count). The molecular formula is C18H20Cl2N4O4. The van der Waals surface area contributed by atoms with E-state index in [1.807, 2.05) is 6.92 Å². The lowest BCUT2D eigenvalue weighted by molar-refractivity contribution is -0.384. The van der Waals surface area contributed by atoms with Gasteiger partial charge in [-0.2, -0.15) is 0 Å². The third kappa shape index (κ3) is 6.56. The molecule has 8 nitrogen and oxygen atoms in total. The highest BCUT2D eigenvalue weighted by atomic mass is 35.5. The highest BCUT2D eigenvalue weighted by molar-refractivity contribution is 6.35. The van der Waals surface area contributed by atoms with Crippen LogP contribution in [0.4, 0.5) is 5.69 Å². The van der Waals surface area contributed by atoms with Gasteiger partial charge in [0.1, 0.15) is 18.5 Å². The Hall–Kier alpha value is -2.55. The number of hydrogen-bond donors (Lipinski definition) is 3. The summed E-state index contributed by atoms with van der Waals surface area (Å²) in [6, 6.07) is 10.5. The summed E-state index contributed by atoms with van der Waals surface area (Å²) in [7, 11) is 0. The molecule has 0 heterocycles. The van der Waals surface area contributed by atoms with Crippen molar-refractivity contribution in [3.63, 3.8) is 0 Å². The largest absolute Gasteiger partial charge is 0.491 e. The van der Waals surface area contributed by atoms with E-state index in [9.17, 15) is 15.2 Å². The van der Waals surface area contributed by atoms with E-state index < -0.39 is 11.0 Å². The monoisotopic (exact) mass is 426 g/mol. The van der Waals surface area contributed by atoms with Gasteiger partial charge in [-0.15, -0.1) is 0 Å². The summed E-state index contributed by atoms with van der Waals surface area (Å²) in [6.07, 6.45) is -0.898. The van der Waals surface area contributed by atoms with E-state index in [2.05, 4.69) is 10.3 Å². The number of nitro groups is 1. The summed E-state index contributed by atoms with van der Waals surface area (Å²) in [5.74, 6) is 0.554. The van der Waals surface area contributed by atoms with Crippen molar-refractivity contribution in [3.8, 4) is 5.75 Å². The van der Waals surface area contributed by atoms with Crippen LogP contribution in [0.15, 0.2) is 47.5 Å². The molecule has 0 saturated carbocycles. The van der Waals surface area contributed by atoms with Crippen LogP contribution < -0.4 is 15.8 Å². The average Bonchev–Trinajstić information content (AvgIpc) is 2.64. The number of halogens is 2. The lowest BCUT2D eigenvalue weighted by Gasteiger charge is -2.17. The predicted octanol–water partition coefficient (Wildman–Crippen LogP) is 3.31. The van der Waals surface area contributed by atoms with Crippen LogP contribution >= 0.6 is 23.2 Å². The number of rotatable bonds is 8. The van der Waals surface area contributed by atoms with Crippen molar-refractivity contribution in [3.05, 3.63) is 68.2 Å². The first-order valence-corrected chi connectivity index (χ1v) is 9.08. The molecule has 4 N–H and O–H groups in total. The van der Waals surface area contributed by atoms with Gasteiger partial charge in [0.15, 0.2) is 5.96 Å². The van der Waals surface area contributed by atoms with E-state index in [1.54, 1.807) is 18.2 Å². The Morgan fingerprint density at radius 1 is 1.32 bits per heavy atom. The van der Waals surface area contributed by atoms with E-state index in [0.29, 0.717) is 15.8 Å². The van der Waals surface area contributed by atoms with Gasteiger partial charge in [0.2, 0.25) is 0 Å². The number of benzene rings is 2. The van der Waals surface area contributed by atoms with E-state index >= 15 is 0 Å². The highest BCUT2D eigenvalue weighted by Crippen LogP contribution is 2.25. The topological polar surface area (TPSA) is 123 Å².